The third-order valence-electron chi connectivity index (χ3n) is 3.79. The molecule has 3 heteroatoms. The van der Waals surface area contributed by atoms with Gasteiger partial charge in [-0.15, -0.1) is 0 Å². The van der Waals surface area contributed by atoms with Crippen LogP contribution in [0, 0.1) is 29.1 Å². The van der Waals surface area contributed by atoms with Crippen LogP contribution < -0.4 is 5.32 Å². The number of amides is 1. The monoisotopic (exact) mass is 236 g/mol. The molecular weight excluding hydrogens is 212 g/mol. The summed E-state index contributed by atoms with van der Waals surface area (Å²) >= 11 is 0. The molecule has 1 aliphatic carbocycles. The number of rotatable bonds is 4. The van der Waals surface area contributed by atoms with Crippen LogP contribution in [0.15, 0.2) is 0 Å². The Bertz CT molecular complexity index is 293. The average Bonchev–Trinajstić information content (AvgIpc) is 2.29. The van der Waals surface area contributed by atoms with E-state index in [1.54, 1.807) is 0 Å². The summed E-state index contributed by atoms with van der Waals surface area (Å²) in [7, 11) is 0. The molecule has 0 bridgehead atoms. The summed E-state index contributed by atoms with van der Waals surface area (Å²) in [6, 6.07) is 2.39. The molecule has 0 spiro atoms. The summed E-state index contributed by atoms with van der Waals surface area (Å²) in [6.45, 7) is 6.05. The lowest BCUT2D eigenvalue weighted by Crippen LogP contribution is -2.42. The van der Waals surface area contributed by atoms with Gasteiger partial charge in [-0.1, -0.05) is 40.0 Å². The standard InChI is InChI=1S/C14H24N2O/c1-4-11-6-5-7-12(8-11)16-14(17)13(9-15)10(2)3/h10-13H,4-8H2,1-3H3,(H,16,17). The second-order valence-corrected chi connectivity index (χ2v) is 5.50. The van der Waals surface area contributed by atoms with E-state index >= 15 is 0 Å². The van der Waals surface area contributed by atoms with Crippen LogP contribution in [0.2, 0.25) is 0 Å². The summed E-state index contributed by atoms with van der Waals surface area (Å²) in [6.07, 6.45) is 5.83. The minimum atomic E-state index is -0.503. The fraction of sp³-hybridized carbons (Fsp3) is 0.857. The van der Waals surface area contributed by atoms with Crippen molar-refractivity contribution in [2.24, 2.45) is 17.8 Å². The van der Waals surface area contributed by atoms with Gasteiger partial charge in [0.05, 0.1) is 6.07 Å². The van der Waals surface area contributed by atoms with Crippen molar-refractivity contribution in [3.05, 3.63) is 0 Å². The van der Waals surface area contributed by atoms with Crippen molar-refractivity contribution < 1.29 is 4.79 Å². The lowest BCUT2D eigenvalue weighted by atomic mass is 9.84. The second-order valence-electron chi connectivity index (χ2n) is 5.50. The molecule has 1 fully saturated rings. The molecule has 1 amide bonds. The fourth-order valence-corrected chi connectivity index (χ4v) is 2.59. The maximum absolute atomic E-state index is 11.9. The summed E-state index contributed by atoms with van der Waals surface area (Å²) in [5.74, 6) is 0.250. The van der Waals surface area contributed by atoms with E-state index in [2.05, 4.69) is 18.3 Å². The highest BCUT2D eigenvalue weighted by atomic mass is 16.1. The van der Waals surface area contributed by atoms with Crippen LogP contribution in [0.3, 0.4) is 0 Å². The predicted molar refractivity (Wildman–Crippen MR) is 68.1 cm³/mol. The average molecular weight is 236 g/mol. The van der Waals surface area contributed by atoms with Gasteiger partial charge in [0.25, 0.3) is 0 Å². The van der Waals surface area contributed by atoms with Gasteiger partial charge in [0.15, 0.2) is 0 Å². The van der Waals surface area contributed by atoms with Crippen LogP contribution >= 0.6 is 0 Å². The smallest absolute Gasteiger partial charge is 0.237 e. The van der Waals surface area contributed by atoms with E-state index in [9.17, 15) is 4.79 Å². The third kappa shape index (κ3) is 4.03. The van der Waals surface area contributed by atoms with Crippen molar-refractivity contribution in [2.75, 3.05) is 0 Å². The van der Waals surface area contributed by atoms with Crippen LogP contribution in [-0.4, -0.2) is 11.9 Å². The minimum absolute atomic E-state index is 0.0794. The zero-order chi connectivity index (χ0) is 12.8. The molecule has 1 saturated carbocycles. The Kier molecular flexibility index (Phi) is 5.47. The van der Waals surface area contributed by atoms with Gasteiger partial charge in [-0.25, -0.2) is 0 Å². The molecule has 17 heavy (non-hydrogen) atoms. The highest BCUT2D eigenvalue weighted by Gasteiger charge is 2.27. The Morgan fingerprint density at radius 3 is 2.71 bits per heavy atom. The molecule has 1 N–H and O–H groups in total. The maximum Gasteiger partial charge on any atom is 0.237 e. The molecule has 0 radical (unpaired) electrons. The van der Waals surface area contributed by atoms with Crippen LogP contribution in [0.25, 0.3) is 0 Å². The van der Waals surface area contributed by atoms with E-state index in [0.29, 0.717) is 0 Å². The van der Waals surface area contributed by atoms with E-state index in [1.165, 1.54) is 19.3 Å². The first kappa shape index (κ1) is 14.0. The second kappa shape index (κ2) is 6.64. The van der Waals surface area contributed by atoms with Gasteiger partial charge in [-0.2, -0.15) is 5.26 Å². The number of nitriles is 1. The van der Waals surface area contributed by atoms with E-state index in [1.807, 2.05) is 13.8 Å². The first-order valence-electron chi connectivity index (χ1n) is 6.78. The van der Waals surface area contributed by atoms with Gasteiger partial charge in [-0.05, 0) is 24.7 Å². The summed E-state index contributed by atoms with van der Waals surface area (Å²) < 4.78 is 0. The van der Waals surface area contributed by atoms with Crippen LogP contribution in [0.5, 0.6) is 0 Å². The molecule has 1 rings (SSSR count). The molecule has 0 aromatic carbocycles. The Morgan fingerprint density at radius 2 is 2.18 bits per heavy atom. The van der Waals surface area contributed by atoms with E-state index in [0.717, 1.165) is 18.8 Å². The van der Waals surface area contributed by atoms with Crippen molar-refractivity contribution in [3.8, 4) is 6.07 Å². The fourth-order valence-electron chi connectivity index (χ4n) is 2.59. The van der Waals surface area contributed by atoms with E-state index < -0.39 is 5.92 Å². The molecular formula is C14H24N2O. The summed E-state index contributed by atoms with van der Waals surface area (Å²) in [4.78, 5) is 11.9. The molecule has 1 aliphatic rings. The number of carbonyl (C=O) groups is 1. The Morgan fingerprint density at radius 1 is 1.47 bits per heavy atom. The molecule has 3 atom stereocenters. The molecule has 0 aliphatic heterocycles. The van der Waals surface area contributed by atoms with Crippen molar-refractivity contribution in [1.82, 2.24) is 5.32 Å². The quantitative estimate of drug-likeness (QED) is 0.816. The molecule has 0 saturated heterocycles. The molecule has 0 aromatic heterocycles. The number of nitrogens with zero attached hydrogens (tertiary/aromatic N) is 1. The van der Waals surface area contributed by atoms with Crippen LogP contribution in [0.1, 0.15) is 52.9 Å². The van der Waals surface area contributed by atoms with Crippen LogP contribution in [-0.2, 0) is 4.79 Å². The maximum atomic E-state index is 11.9. The first-order valence-corrected chi connectivity index (χ1v) is 6.78. The summed E-state index contributed by atoms with van der Waals surface area (Å²) in [5, 5.41) is 12.0. The Balaban J connectivity index is 2.48. The van der Waals surface area contributed by atoms with Gasteiger partial charge in [-0.3, -0.25) is 4.79 Å². The zero-order valence-corrected chi connectivity index (χ0v) is 11.2. The normalized spacial score (nSPS) is 26.3. The highest BCUT2D eigenvalue weighted by Crippen LogP contribution is 2.26. The molecule has 3 nitrogen and oxygen atoms in total. The van der Waals surface area contributed by atoms with Gasteiger partial charge < -0.3 is 5.32 Å². The van der Waals surface area contributed by atoms with E-state index in [-0.39, 0.29) is 17.9 Å². The van der Waals surface area contributed by atoms with Crippen molar-refractivity contribution >= 4 is 5.91 Å². The van der Waals surface area contributed by atoms with Crippen molar-refractivity contribution in [2.45, 2.75) is 58.9 Å². The van der Waals surface area contributed by atoms with Gasteiger partial charge in [0.1, 0.15) is 5.92 Å². The number of hydrogen-bond donors (Lipinski definition) is 1. The molecule has 3 unspecified atom stereocenters. The zero-order valence-electron chi connectivity index (χ0n) is 11.2. The van der Waals surface area contributed by atoms with Gasteiger partial charge >= 0.3 is 0 Å². The van der Waals surface area contributed by atoms with Gasteiger partial charge in [0, 0.05) is 6.04 Å². The first-order chi connectivity index (χ1) is 8.08. The SMILES string of the molecule is CCC1CCCC(NC(=O)C(C#N)C(C)C)C1. The Hall–Kier alpha value is -1.04. The number of carbonyl (C=O) groups excluding carboxylic acids is 1. The van der Waals surface area contributed by atoms with Crippen LogP contribution in [0.4, 0.5) is 0 Å². The molecule has 96 valence electrons. The van der Waals surface area contributed by atoms with Gasteiger partial charge in [0.2, 0.25) is 5.91 Å². The van der Waals surface area contributed by atoms with Crippen molar-refractivity contribution in [1.29, 1.82) is 5.26 Å². The summed E-state index contributed by atoms with van der Waals surface area (Å²) in [5.41, 5.74) is 0. The highest BCUT2D eigenvalue weighted by molar-refractivity contribution is 5.81. The number of hydrogen-bond acceptors (Lipinski definition) is 2. The lowest BCUT2D eigenvalue weighted by Gasteiger charge is -2.30. The Labute approximate surface area is 105 Å². The topological polar surface area (TPSA) is 52.9 Å². The molecule has 0 aromatic rings. The van der Waals surface area contributed by atoms with E-state index in [4.69, 9.17) is 5.26 Å². The minimum Gasteiger partial charge on any atom is -0.352 e. The number of nitrogens with one attached hydrogen (secondary N) is 1. The van der Waals surface area contributed by atoms with Crippen molar-refractivity contribution in [3.63, 3.8) is 0 Å². The largest absolute Gasteiger partial charge is 0.352 e. The predicted octanol–water partition coefficient (Wildman–Crippen LogP) is 2.87. The molecule has 0 heterocycles. The third-order valence-corrected chi connectivity index (χ3v) is 3.79. The lowest BCUT2D eigenvalue weighted by molar-refractivity contribution is -0.125.